The molecule has 2 aliphatic heterocycles. The number of carbonyl (C=O) groups is 2. The fourth-order valence-corrected chi connectivity index (χ4v) is 6.42. The topological polar surface area (TPSA) is 109 Å². The summed E-state index contributed by atoms with van der Waals surface area (Å²) in [6.45, 7) is 8.19. The molecule has 0 aromatic carbocycles. The summed E-state index contributed by atoms with van der Waals surface area (Å²) in [6, 6.07) is 0. The maximum Gasteiger partial charge on any atom is 0.180 e. The minimum absolute atomic E-state index is 0.107. The molecule has 0 aromatic rings. The number of unbranched alkanes of at least 4 members (excludes halogenated alkanes) is 2. The van der Waals surface area contributed by atoms with Gasteiger partial charge in [-0.25, -0.2) is 8.42 Å². The number of rotatable bonds is 14. The monoisotopic (exact) mass is 536 g/mol. The van der Waals surface area contributed by atoms with E-state index in [1.807, 2.05) is 27.7 Å². The molecule has 0 radical (unpaired) electrons. The number of hydrogen-bond acceptors (Lipinski definition) is 6. The first-order valence-electron chi connectivity index (χ1n) is 12.5. The van der Waals surface area contributed by atoms with Crippen LogP contribution in [0.25, 0.3) is 0 Å². The molecule has 200 valence electrons. The second-order valence-corrected chi connectivity index (χ2v) is 14.1. The molecule has 0 bridgehead atoms. The zero-order valence-corrected chi connectivity index (χ0v) is 23.5. The van der Waals surface area contributed by atoms with Crippen LogP contribution in [0.4, 0.5) is 0 Å². The number of carbonyl (C=O) groups excluding carboxylic acids is 2. The van der Waals surface area contributed by atoms with Gasteiger partial charge in [0.1, 0.15) is 0 Å². The van der Waals surface area contributed by atoms with Crippen LogP contribution in [-0.2, 0) is 31.2 Å². The van der Waals surface area contributed by atoms with Gasteiger partial charge in [-0.05, 0) is 73.7 Å². The number of aliphatic hydroxyl groups excluding tert-OH is 2. The summed E-state index contributed by atoms with van der Waals surface area (Å²) in [4.78, 5) is 26.2. The first kappa shape index (κ1) is 30.5. The minimum Gasteiger partial charge on any atom is -0.396 e. The molecule has 0 spiro atoms. The van der Waals surface area contributed by atoms with Crippen molar-refractivity contribution in [2.75, 3.05) is 13.2 Å². The van der Waals surface area contributed by atoms with E-state index in [0.717, 1.165) is 38.5 Å². The second-order valence-electron chi connectivity index (χ2n) is 11.0. The molecule has 2 N–H and O–H groups in total. The molecule has 2 unspecified atom stereocenters. The van der Waals surface area contributed by atoms with E-state index < -0.39 is 21.6 Å². The first-order chi connectivity index (χ1) is 16.9. The maximum atomic E-state index is 13.0. The lowest BCUT2D eigenvalue weighted by Crippen LogP contribution is -2.16. The molecule has 0 saturated carbocycles. The zero-order valence-electron chi connectivity index (χ0n) is 21.9. The van der Waals surface area contributed by atoms with E-state index in [1.54, 1.807) is 0 Å². The fraction of sp³-hybridized carbons (Fsp3) is 0.571. The molecule has 0 aromatic heterocycles. The molecule has 0 aliphatic carbocycles. The average molecular weight is 537 g/mol. The summed E-state index contributed by atoms with van der Waals surface area (Å²) in [5.74, 6) is -0.470. The molecule has 2 rings (SSSR count). The van der Waals surface area contributed by atoms with Gasteiger partial charge in [0.2, 0.25) is 0 Å². The molecule has 2 atom stereocenters. The Balaban J connectivity index is 1.97. The van der Waals surface area contributed by atoms with Crippen LogP contribution in [0.15, 0.2) is 56.1 Å². The van der Waals surface area contributed by atoms with Gasteiger partial charge in [-0.2, -0.15) is 0 Å². The Labute approximate surface area is 220 Å². The summed E-state index contributed by atoms with van der Waals surface area (Å²) in [5.41, 5.74) is -0.318. The van der Waals surface area contributed by atoms with E-state index in [1.165, 1.54) is 36.5 Å². The summed E-state index contributed by atoms with van der Waals surface area (Å²) in [7, 11) is -2.99. The predicted octanol–water partition coefficient (Wildman–Crippen LogP) is 4.90. The van der Waals surface area contributed by atoms with E-state index in [-0.39, 0.29) is 35.6 Å². The van der Waals surface area contributed by atoms with E-state index in [9.17, 15) is 28.2 Å². The Hall–Kier alpha value is -1.74. The average Bonchev–Trinajstić information content (AvgIpc) is 2.82. The Morgan fingerprint density at radius 2 is 1.03 bits per heavy atom. The number of hydrogen-bond donors (Lipinski definition) is 2. The van der Waals surface area contributed by atoms with Crippen LogP contribution in [-0.4, -0.2) is 43.4 Å². The third-order valence-corrected chi connectivity index (χ3v) is 9.36. The summed E-state index contributed by atoms with van der Waals surface area (Å²) >= 11 is 0. The van der Waals surface area contributed by atoms with Crippen molar-refractivity contribution in [3.05, 3.63) is 56.1 Å². The van der Waals surface area contributed by atoms with Crippen LogP contribution >= 0.6 is 0 Å². The van der Waals surface area contributed by atoms with E-state index in [4.69, 9.17) is 0 Å². The Bertz CT molecular complexity index is 958. The molecule has 8 heteroatoms. The largest absolute Gasteiger partial charge is 0.396 e. The van der Waals surface area contributed by atoms with Gasteiger partial charge in [-0.3, -0.25) is 9.59 Å². The number of ketones is 2. The van der Waals surface area contributed by atoms with Crippen LogP contribution in [0.5, 0.6) is 0 Å². The van der Waals surface area contributed by atoms with Crippen molar-refractivity contribution >= 4 is 33.2 Å². The predicted molar refractivity (Wildman–Crippen MR) is 146 cm³/mol. The quantitative estimate of drug-likeness (QED) is 0.306. The summed E-state index contributed by atoms with van der Waals surface area (Å²) in [6.07, 6.45) is 14.5. The van der Waals surface area contributed by atoms with E-state index in [0.29, 0.717) is 32.5 Å². The van der Waals surface area contributed by atoms with Crippen LogP contribution in [0.3, 0.4) is 0 Å². The van der Waals surface area contributed by atoms with Crippen LogP contribution in [0.1, 0.15) is 79.1 Å². The Morgan fingerprint density at radius 3 is 1.36 bits per heavy atom. The SMILES string of the molecule is CC(C)(CO)CCCCC1=CC(=O)C=C(C=CC2=CC(=O)C=C(CCCCC(C)(C)CO)S2=O)S1=O. The van der Waals surface area contributed by atoms with Crippen LogP contribution < -0.4 is 0 Å². The lowest BCUT2D eigenvalue weighted by atomic mass is 9.88. The fourth-order valence-electron chi connectivity index (χ4n) is 3.88. The molecular formula is C28H40O6S2. The van der Waals surface area contributed by atoms with Gasteiger partial charge in [0.05, 0.1) is 21.6 Å². The number of aliphatic hydroxyl groups is 2. The Kier molecular flexibility index (Phi) is 11.6. The van der Waals surface area contributed by atoms with Crippen molar-refractivity contribution in [1.82, 2.24) is 0 Å². The van der Waals surface area contributed by atoms with E-state index >= 15 is 0 Å². The van der Waals surface area contributed by atoms with Gasteiger partial charge < -0.3 is 10.2 Å². The van der Waals surface area contributed by atoms with Crippen LogP contribution in [0, 0.1) is 10.8 Å². The summed E-state index contributed by atoms with van der Waals surface area (Å²) in [5, 5.41) is 18.8. The highest BCUT2D eigenvalue weighted by Crippen LogP contribution is 2.29. The zero-order chi connectivity index (χ0) is 26.9. The van der Waals surface area contributed by atoms with Crippen molar-refractivity contribution in [2.45, 2.75) is 79.1 Å². The van der Waals surface area contributed by atoms with Crippen molar-refractivity contribution in [3.63, 3.8) is 0 Å². The number of allylic oxidation sites excluding steroid dienone is 8. The van der Waals surface area contributed by atoms with Gasteiger partial charge >= 0.3 is 0 Å². The maximum absolute atomic E-state index is 13.0. The Morgan fingerprint density at radius 1 is 0.667 bits per heavy atom. The van der Waals surface area contributed by atoms with Gasteiger partial charge in [0.25, 0.3) is 0 Å². The lowest BCUT2D eigenvalue weighted by molar-refractivity contribution is -0.111. The molecule has 6 nitrogen and oxygen atoms in total. The smallest absolute Gasteiger partial charge is 0.180 e. The van der Waals surface area contributed by atoms with Crippen molar-refractivity contribution in [1.29, 1.82) is 0 Å². The molecule has 2 heterocycles. The molecule has 2 aliphatic rings. The molecule has 36 heavy (non-hydrogen) atoms. The second kappa shape index (κ2) is 13.7. The molecule has 0 fully saturated rings. The third-order valence-electron chi connectivity index (χ3n) is 6.40. The van der Waals surface area contributed by atoms with Gasteiger partial charge in [-0.15, -0.1) is 0 Å². The van der Waals surface area contributed by atoms with Crippen molar-refractivity contribution in [2.24, 2.45) is 10.8 Å². The normalized spacial score (nSPS) is 21.4. The standard InChI is InChI=1S/C28H40O6S2/c1-27(2,19-29)13-7-5-9-23-15-21(31)17-25(35(23)33)11-12-26-18-22(32)16-24(36(26)34)10-6-8-14-28(3,4)20-30/h11-12,15-18,29-30H,5-10,13-14,19-20H2,1-4H3. The van der Waals surface area contributed by atoms with Gasteiger partial charge in [-0.1, -0.05) is 40.5 Å². The highest BCUT2D eigenvalue weighted by Gasteiger charge is 2.22. The highest BCUT2D eigenvalue weighted by atomic mass is 32.2. The molecular weight excluding hydrogens is 496 g/mol. The van der Waals surface area contributed by atoms with Crippen molar-refractivity contribution < 1.29 is 28.2 Å². The molecule has 0 saturated heterocycles. The minimum atomic E-state index is -1.49. The lowest BCUT2D eigenvalue weighted by Gasteiger charge is -2.21. The third kappa shape index (κ3) is 9.61. The van der Waals surface area contributed by atoms with Gasteiger partial charge in [0.15, 0.2) is 11.6 Å². The summed E-state index contributed by atoms with van der Waals surface area (Å²) < 4.78 is 26.0. The highest BCUT2D eigenvalue weighted by molar-refractivity contribution is 7.93. The first-order valence-corrected chi connectivity index (χ1v) is 14.8. The van der Waals surface area contributed by atoms with Gasteiger partial charge in [0, 0.05) is 45.0 Å². The van der Waals surface area contributed by atoms with E-state index in [2.05, 4.69) is 0 Å². The van der Waals surface area contributed by atoms with Crippen LogP contribution in [0.2, 0.25) is 0 Å². The van der Waals surface area contributed by atoms with Crippen molar-refractivity contribution in [3.8, 4) is 0 Å². The molecule has 0 amide bonds.